The van der Waals surface area contributed by atoms with Crippen molar-refractivity contribution in [1.29, 1.82) is 0 Å². The molecule has 2 aromatic rings. The quantitative estimate of drug-likeness (QED) is 0.846. The molecule has 2 aromatic heterocycles. The van der Waals surface area contributed by atoms with E-state index in [9.17, 15) is 5.11 Å². The highest BCUT2D eigenvalue weighted by atomic mass is 32.1. The first-order valence-corrected chi connectivity index (χ1v) is 5.60. The molecule has 1 N–H and O–H groups in total. The zero-order chi connectivity index (χ0) is 11.0. The van der Waals surface area contributed by atoms with E-state index in [0.29, 0.717) is 0 Å². The van der Waals surface area contributed by atoms with Gasteiger partial charge in [0.15, 0.2) is 0 Å². The average molecular weight is 223 g/mol. The van der Waals surface area contributed by atoms with E-state index in [4.69, 9.17) is 0 Å². The molecule has 0 aliphatic rings. The molecule has 0 saturated carbocycles. The van der Waals surface area contributed by atoms with E-state index in [1.807, 2.05) is 25.5 Å². The van der Waals surface area contributed by atoms with Crippen LogP contribution in [0, 0.1) is 6.92 Å². The molecule has 4 nitrogen and oxygen atoms in total. The summed E-state index contributed by atoms with van der Waals surface area (Å²) < 4.78 is 1.77. The number of nitrogens with zero attached hydrogens (tertiary/aromatic N) is 3. The minimum atomic E-state index is -0.499. The molecular formula is C10H13N3OS. The Bertz CT molecular complexity index is 473. The molecule has 15 heavy (non-hydrogen) atoms. The standard InChI is InChI=1S/C10H13N3OS/c1-6-8(4-13(3)12-6)9-5-15-10(11-9)7(2)14/h4-5,7,14H,1-3H3. The van der Waals surface area contributed by atoms with Crippen LogP contribution in [0.25, 0.3) is 11.3 Å². The summed E-state index contributed by atoms with van der Waals surface area (Å²) in [5, 5.41) is 16.3. The van der Waals surface area contributed by atoms with Crippen LogP contribution in [-0.4, -0.2) is 19.9 Å². The van der Waals surface area contributed by atoms with Crippen molar-refractivity contribution < 1.29 is 5.11 Å². The molecular weight excluding hydrogens is 210 g/mol. The number of aliphatic hydroxyl groups excluding tert-OH is 1. The second-order valence-electron chi connectivity index (χ2n) is 3.55. The second-order valence-corrected chi connectivity index (χ2v) is 4.44. The predicted octanol–water partition coefficient (Wildman–Crippen LogP) is 1.91. The van der Waals surface area contributed by atoms with Crippen LogP contribution in [0.15, 0.2) is 11.6 Å². The Morgan fingerprint density at radius 3 is 2.73 bits per heavy atom. The van der Waals surface area contributed by atoms with Crippen LogP contribution in [0.4, 0.5) is 0 Å². The van der Waals surface area contributed by atoms with E-state index in [1.54, 1.807) is 11.6 Å². The SMILES string of the molecule is Cc1nn(C)cc1-c1csc(C(C)O)n1. The monoisotopic (exact) mass is 223 g/mol. The van der Waals surface area contributed by atoms with Gasteiger partial charge in [0.1, 0.15) is 11.1 Å². The van der Waals surface area contributed by atoms with Gasteiger partial charge in [0.05, 0.1) is 11.4 Å². The van der Waals surface area contributed by atoms with Gasteiger partial charge < -0.3 is 5.11 Å². The molecule has 2 rings (SSSR count). The first-order valence-electron chi connectivity index (χ1n) is 4.72. The van der Waals surface area contributed by atoms with E-state index in [2.05, 4.69) is 10.1 Å². The maximum Gasteiger partial charge on any atom is 0.122 e. The van der Waals surface area contributed by atoms with E-state index in [-0.39, 0.29) is 0 Å². The minimum Gasteiger partial charge on any atom is -0.386 e. The molecule has 0 amide bonds. The summed E-state index contributed by atoms with van der Waals surface area (Å²) in [4.78, 5) is 4.37. The fourth-order valence-electron chi connectivity index (χ4n) is 1.45. The Morgan fingerprint density at radius 2 is 2.27 bits per heavy atom. The molecule has 0 aromatic carbocycles. The smallest absolute Gasteiger partial charge is 0.122 e. The summed E-state index contributed by atoms with van der Waals surface area (Å²) in [5.74, 6) is 0. The molecule has 80 valence electrons. The van der Waals surface area contributed by atoms with Gasteiger partial charge in [-0.25, -0.2) is 4.98 Å². The molecule has 0 radical (unpaired) electrons. The van der Waals surface area contributed by atoms with E-state index in [1.165, 1.54) is 11.3 Å². The summed E-state index contributed by atoms with van der Waals surface area (Å²) >= 11 is 1.47. The van der Waals surface area contributed by atoms with Gasteiger partial charge in [-0.15, -0.1) is 11.3 Å². The number of rotatable bonds is 2. The van der Waals surface area contributed by atoms with Crippen molar-refractivity contribution >= 4 is 11.3 Å². The van der Waals surface area contributed by atoms with Crippen LogP contribution in [0.5, 0.6) is 0 Å². The van der Waals surface area contributed by atoms with Gasteiger partial charge in [-0.3, -0.25) is 4.68 Å². The topological polar surface area (TPSA) is 50.9 Å². The molecule has 0 bridgehead atoms. The lowest BCUT2D eigenvalue weighted by Crippen LogP contribution is -1.89. The van der Waals surface area contributed by atoms with Crippen LogP contribution in [-0.2, 0) is 7.05 Å². The third kappa shape index (κ3) is 1.93. The number of aromatic nitrogens is 3. The Hall–Kier alpha value is -1.20. The van der Waals surface area contributed by atoms with Gasteiger partial charge in [-0.1, -0.05) is 0 Å². The fraction of sp³-hybridized carbons (Fsp3) is 0.400. The minimum absolute atomic E-state index is 0.499. The van der Waals surface area contributed by atoms with Crippen LogP contribution in [0.2, 0.25) is 0 Å². The van der Waals surface area contributed by atoms with Crippen molar-refractivity contribution in [2.75, 3.05) is 0 Å². The third-order valence-corrected chi connectivity index (χ3v) is 3.18. The number of hydrogen-bond donors (Lipinski definition) is 1. The van der Waals surface area contributed by atoms with E-state index >= 15 is 0 Å². The number of aliphatic hydroxyl groups is 1. The lowest BCUT2D eigenvalue weighted by atomic mass is 10.2. The summed E-state index contributed by atoms with van der Waals surface area (Å²) in [6, 6.07) is 0. The van der Waals surface area contributed by atoms with Gasteiger partial charge in [0.25, 0.3) is 0 Å². The van der Waals surface area contributed by atoms with Crippen molar-refractivity contribution in [2.24, 2.45) is 7.05 Å². The molecule has 5 heteroatoms. The maximum atomic E-state index is 9.39. The van der Waals surface area contributed by atoms with Gasteiger partial charge in [-0.2, -0.15) is 5.10 Å². The Morgan fingerprint density at radius 1 is 1.53 bits per heavy atom. The van der Waals surface area contributed by atoms with Gasteiger partial charge in [0.2, 0.25) is 0 Å². The van der Waals surface area contributed by atoms with Crippen molar-refractivity contribution in [3.63, 3.8) is 0 Å². The third-order valence-electron chi connectivity index (χ3n) is 2.17. The average Bonchev–Trinajstić information content (AvgIpc) is 2.71. The van der Waals surface area contributed by atoms with Crippen LogP contribution in [0.3, 0.4) is 0 Å². The van der Waals surface area contributed by atoms with E-state index < -0.39 is 6.10 Å². The zero-order valence-corrected chi connectivity index (χ0v) is 9.75. The van der Waals surface area contributed by atoms with Gasteiger partial charge >= 0.3 is 0 Å². The largest absolute Gasteiger partial charge is 0.386 e. The zero-order valence-electron chi connectivity index (χ0n) is 8.93. The van der Waals surface area contributed by atoms with Gasteiger partial charge in [0, 0.05) is 24.2 Å². The Labute approximate surface area is 92.2 Å². The van der Waals surface area contributed by atoms with E-state index in [0.717, 1.165) is 22.0 Å². The molecule has 0 saturated heterocycles. The first-order chi connectivity index (χ1) is 7.08. The highest BCUT2D eigenvalue weighted by molar-refractivity contribution is 7.10. The van der Waals surface area contributed by atoms with Crippen molar-refractivity contribution in [3.8, 4) is 11.3 Å². The summed E-state index contributed by atoms with van der Waals surface area (Å²) in [5.41, 5.74) is 2.88. The summed E-state index contributed by atoms with van der Waals surface area (Å²) in [6.45, 7) is 3.68. The maximum absolute atomic E-state index is 9.39. The second kappa shape index (κ2) is 3.75. The van der Waals surface area contributed by atoms with Crippen molar-refractivity contribution in [3.05, 3.63) is 22.3 Å². The lowest BCUT2D eigenvalue weighted by molar-refractivity contribution is 0.199. The summed E-state index contributed by atoms with van der Waals surface area (Å²) in [6.07, 6.45) is 1.44. The molecule has 0 fully saturated rings. The van der Waals surface area contributed by atoms with Crippen molar-refractivity contribution in [1.82, 2.24) is 14.8 Å². The molecule has 1 atom stereocenters. The summed E-state index contributed by atoms with van der Waals surface area (Å²) in [7, 11) is 1.89. The Balaban J connectivity index is 2.41. The molecule has 1 unspecified atom stereocenters. The lowest BCUT2D eigenvalue weighted by Gasteiger charge is -1.96. The highest BCUT2D eigenvalue weighted by Gasteiger charge is 2.12. The number of thiazole rings is 1. The Kier molecular flexibility index (Phi) is 2.58. The van der Waals surface area contributed by atoms with Crippen molar-refractivity contribution in [2.45, 2.75) is 20.0 Å². The van der Waals surface area contributed by atoms with Crippen LogP contribution < -0.4 is 0 Å². The molecule has 0 spiro atoms. The van der Waals surface area contributed by atoms with Gasteiger partial charge in [-0.05, 0) is 13.8 Å². The normalized spacial score (nSPS) is 13.1. The number of aryl methyl sites for hydroxylation is 2. The molecule has 0 aliphatic heterocycles. The fourth-order valence-corrected chi connectivity index (χ4v) is 2.21. The molecule has 2 heterocycles. The van der Waals surface area contributed by atoms with Crippen LogP contribution >= 0.6 is 11.3 Å². The molecule has 0 aliphatic carbocycles. The van der Waals surface area contributed by atoms with Crippen LogP contribution in [0.1, 0.15) is 23.7 Å². The first kappa shape index (κ1) is 10.3. The number of hydrogen-bond acceptors (Lipinski definition) is 4. The highest BCUT2D eigenvalue weighted by Crippen LogP contribution is 2.26. The predicted molar refractivity (Wildman–Crippen MR) is 59.7 cm³/mol.